The van der Waals surface area contributed by atoms with Crippen molar-refractivity contribution in [3.63, 3.8) is 0 Å². The topological polar surface area (TPSA) is 129 Å². The second-order valence-corrected chi connectivity index (χ2v) is 17.2. The minimum Gasteiger partial charge on any atom is -0.494 e. The first-order valence-electron chi connectivity index (χ1n) is 15.6. The number of benzene rings is 1. The highest BCUT2D eigenvalue weighted by Crippen LogP contribution is 2.64. The average Bonchev–Trinajstić information content (AvgIpc) is 3.30. The van der Waals surface area contributed by atoms with E-state index in [2.05, 4.69) is 29.2 Å². The van der Waals surface area contributed by atoms with Crippen molar-refractivity contribution in [2.45, 2.75) is 81.7 Å². The fourth-order valence-corrected chi connectivity index (χ4v) is 9.75. The summed E-state index contributed by atoms with van der Waals surface area (Å²) in [5.74, 6) is 3.77. The molecule has 236 valence electrons. The zero-order valence-electron chi connectivity index (χ0n) is 24.5. The van der Waals surface area contributed by atoms with E-state index in [-0.39, 0.29) is 11.5 Å². The molecule has 10 nitrogen and oxygen atoms in total. The van der Waals surface area contributed by atoms with Crippen LogP contribution in [-0.4, -0.2) is 81.9 Å². The van der Waals surface area contributed by atoms with Gasteiger partial charge in [-0.3, -0.25) is 4.55 Å². The summed E-state index contributed by atoms with van der Waals surface area (Å²) in [6, 6.07) is 8.59. The third kappa shape index (κ3) is 7.00. The summed E-state index contributed by atoms with van der Waals surface area (Å²) < 4.78 is 61.8. The third-order valence-electron chi connectivity index (χ3n) is 10.4. The maximum absolute atomic E-state index is 11.6. The van der Waals surface area contributed by atoms with Crippen LogP contribution in [0.15, 0.2) is 24.3 Å². The Balaban J connectivity index is 0.000000585. The molecule has 1 N–H and O–H groups in total. The number of hydrogen-bond acceptors (Lipinski definition) is 9. The predicted octanol–water partition coefficient (Wildman–Crippen LogP) is 4.17. The molecule has 2 heterocycles. The van der Waals surface area contributed by atoms with Gasteiger partial charge in [-0.25, -0.2) is 8.42 Å². The highest BCUT2D eigenvalue weighted by molar-refractivity contribution is 7.91. The van der Waals surface area contributed by atoms with Crippen molar-refractivity contribution < 1.29 is 40.6 Å². The summed E-state index contributed by atoms with van der Waals surface area (Å²) >= 11 is 0. The summed E-state index contributed by atoms with van der Waals surface area (Å²) in [5, 5.41) is 0. The van der Waals surface area contributed by atoms with Crippen LogP contribution >= 0.6 is 0 Å². The van der Waals surface area contributed by atoms with Gasteiger partial charge in [0, 0.05) is 44.3 Å². The Hall–Kier alpha value is -1.28. The van der Waals surface area contributed by atoms with Gasteiger partial charge >= 0.3 is 0 Å². The van der Waals surface area contributed by atoms with Crippen LogP contribution in [0.4, 0.5) is 0 Å². The van der Waals surface area contributed by atoms with Gasteiger partial charge in [0.05, 0.1) is 24.4 Å². The lowest BCUT2D eigenvalue weighted by molar-refractivity contribution is -0.390. The van der Waals surface area contributed by atoms with Gasteiger partial charge in [0.25, 0.3) is 10.1 Å². The number of ether oxygens (including phenoxy) is 2. The number of sulfone groups is 1. The van der Waals surface area contributed by atoms with Crippen LogP contribution < -0.4 is 4.74 Å². The van der Waals surface area contributed by atoms with E-state index in [9.17, 15) is 16.8 Å². The first kappa shape index (κ1) is 30.7. The number of hydrogen-bond donors (Lipinski definition) is 1. The van der Waals surface area contributed by atoms with E-state index >= 15 is 0 Å². The molecule has 2 aliphatic heterocycles. The van der Waals surface area contributed by atoms with Gasteiger partial charge in [-0.2, -0.15) is 18.2 Å². The van der Waals surface area contributed by atoms with E-state index < -0.39 is 31.5 Å². The second kappa shape index (κ2) is 11.9. The van der Waals surface area contributed by atoms with E-state index in [4.69, 9.17) is 23.8 Å². The summed E-state index contributed by atoms with van der Waals surface area (Å²) in [5.41, 5.74) is 1.36. The molecular weight excluding hydrogens is 582 g/mol. The van der Waals surface area contributed by atoms with Crippen molar-refractivity contribution in [3.8, 4) is 5.75 Å². The fourth-order valence-electron chi connectivity index (χ4n) is 8.47. The molecule has 0 amide bonds. The van der Waals surface area contributed by atoms with E-state index in [0.717, 1.165) is 56.2 Å². The molecule has 8 rings (SSSR count). The van der Waals surface area contributed by atoms with Gasteiger partial charge in [-0.1, -0.05) is 12.1 Å². The maximum Gasteiger partial charge on any atom is 0.261 e. The quantitative estimate of drug-likeness (QED) is 0.279. The molecule has 5 saturated carbocycles. The van der Waals surface area contributed by atoms with E-state index in [0.29, 0.717) is 43.7 Å². The maximum atomic E-state index is 11.6. The molecule has 0 radical (unpaired) electrons. The summed E-state index contributed by atoms with van der Waals surface area (Å²) in [6.45, 7) is 2.82. The SMILES string of the molecule is CS(=O)(=O)O.O=S1(=O)CCN(CCCOc2ccc(C3CCC4(CC3)OOC3(O4)C4CC5CC(C4)CC3C5)cc2)CC1. The number of rotatable bonds is 6. The van der Waals surface area contributed by atoms with Crippen molar-refractivity contribution in [1.29, 1.82) is 0 Å². The molecule has 7 aliphatic rings. The van der Waals surface area contributed by atoms with Gasteiger partial charge in [0.15, 0.2) is 9.84 Å². The Bertz CT molecular complexity index is 1260. The fraction of sp³-hybridized carbons (Fsp3) is 0.800. The molecule has 0 unspecified atom stereocenters. The van der Waals surface area contributed by atoms with Crippen molar-refractivity contribution in [1.82, 2.24) is 4.90 Å². The minimum absolute atomic E-state index is 0.283. The van der Waals surface area contributed by atoms with Crippen LogP contribution in [0.1, 0.15) is 75.7 Å². The van der Waals surface area contributed by atoms with Gasteiger partial charge in [-0.05, 0) is 86.8 Å². The standard InChI is InChI=1S/C29H41NO6S.CH4O3S/c31-37(32)14-11-30(12-15-37)10-1-13-33-27-4-2-23(3-5-27)24-6-8-28(9-7-24)34-29(36-35-28)25-17-21-16-22(19-25)20-26(29)18-21;1-5(2,3)4/h2-5,21-22,24-26H,1,6-20H2;1H3,(H,2,3,4). The molecule has 12 heteroatoms. The van der Waals surface area contributed by atoms with Crippen LogP contribution in [0.25, 0.3) is 0 Å². The second-order valence-electron chi connectivity index (χ2n) is 13.5. The molecule has 1 aromatic rings. The van der Waals surface area contributed by atoms with Crippen LogP contribution in [0.5, 0.6) is 5.75 Å². The largest absolute Gasteiger partial charge is 0.494 e. The molecule has 5 aliphatic carbocycles. The van der Waals surface area contributed by atoms with E-state index in [1.54, 1.807) is 0 Å². The lowest BCUT2D eigenvalue weighted by Gasteiger charge is -2.57. The van der Waals surface area contributed by atoms with Crippen LogP contribution in [0.2, 0.25) is 0 Å². The monoisotopic (exact) mass is 627 g/mol. The Morgan fingerprint density at radius 2 is 1.52 bits per heavy atom. The first-order chi connectivity index (χ1) is 19.9. The summed E-state index contributed by atoms with van der Waals surface area (Å²) in [6.07, 6.45) is 11.9. The zero-order valence-corrected chi connectivity index (χ0v) is 26.1. The van der Waals surface area contributed by atoms with Crippen LogP contribution in [-0.2, 0) is 34.5 Å². The van der Waals surface area contributed by atoms with Gasteiger partial charge < -0.3 is 14.4 Å². The van der Waals surface area contributed by atoms with E-state index in [1.165, 1.54) is 37.7 Å². The smallest absolute Gasteiger partial charge is 0.261 e. The molecule has 1 aromatic carbocycles. The molecular formula is C30H45NO9S2. The molecule has 7 fully saturated rings. The van der Waals surface area contributed by atoms with Crippen LogP contribution in [0, 0.1) is 23.7 Å². The van der Waals surface area contributed by atoms with Crippen molar-refractivity contribution >= 4 is 20.0 Å². The molecule has 42 heavy (non-hydrogen) atoms. The number of nitrogens with zero attached hydrogens (tertiary/aromatic N) is 1. The molecule has 2 spiro atoms. The lowest BCUT2D eigenvalue weighted by Crippen LogP contribution is -2.59. The summed E-state index contributed by atoms with van der Waals surface area (Å²) in [4.78, 5) is 14.5. The highest BCUT2D eigenvalue weighted by Gasteiger charge is 2.66. The molecule has 2 saturated heterocycles. The first-order valence-corrected chi connectivity index (χ1v) is 19.2. The molecule has 0 aromatic heterocycles. The highest BCUT2D eigenvalue weighted by atomic mass is 32.2. The average molecular weight is 628 g/mol. The van der Waals surface area contributed by atoms with Crippen molar-refractivity contribution in [2.24, 2.45) is 23.7 Å². The van der Waals surface area contributed by atoms with Gasteiger partial charge in [0.1, 0.15) is 5.75 Å². The van der Waals surface area contributed by atoms with Crippen LogP contribution in [0.3, 0.4) is 0 Å². The predicted molar refractivity (Wildman–Crippen MR) is 156 cm³/mol. The Labute approximate surface area is 250 Å². The minimum atomic E-state index is -3.67. The Kier molecular flexibility index (Phi) is 8.71. The summed E-state index contributed by atoms with van der Waals surface area (Å²) in [7, 11) is -6.48. The third-order valence-corrected chi connectivity index (χ3v) is 12.0. The van der Waals surface area contributed by atoms with Gasteiger partial charge in [0.2, 0.25) is 11.6 Å². The van der Waals surface area contributed by atoms with Crippen molar-refractivity contribution in [3.05, 3.63) is 29.8 Å². The Morgan fingerprint density at radius 1 is 0.952 bits per heavy atom. The van der Waals surface area contributed by atoms with Crippen molar-refractivity contribution in [2.75, 3.05) is 44.0 Å². The van der Waals surface area contributed by atoms with E-state index in [1.807, 2.05) is 0 Å². The molecule has 4 bridgehead atoms. The van der Waals surface area contributed by atoms with Gasteiger partial charge in [-0.15, -0.1) is 0 Å². The molecule has 0 atom stereocenters. The Morgan fingerprint density at radius 3 is 2.10 bits per heavy atom. The lowest BCUT2D eigenvalue weighted by atomic mass is 9.53. The zero-order chi connectivity index (χ0) is 29.6. The normalized spacial score (nSPS) is 38.9.